The standard InChI is InChI=1S/C25H22N2O3S/c1-29-18-12-13-19-20(17-8-4-3-5-9-17)15-25(27-22(19)14-18)31-16-24(28)26-21-10-6-7-11-23(21)30-2/h3-15H,16H2,1-2H3,(H,26,28). The number of rotatable bonds is 7. The van der Waals surface area contributed by atoms with Crippen molar-refractivity contribution in [2.75, 3.05) is 25.3 Å². The lowest BCUT2D eigenvalue weighted by Gasteiger charge is -2.12. The Morgan fingerprint density at radius 3 is 2.48 bits per heavy atom. The molecule has 4 aromatic rings. The second-order valence-electron chi connectivity index (χ2n) is 6.79. The number of thioether (sulfide) groups is 1. The summed E-state index contributed by atoms with van der Waals surface area (Å²) in [6, 6.07) is 25.4. The SMILES string of the molecule is COc1ccc2c(-c3ccccc3)cc(SCC(=O)Nc3ccccc3OC)nc2c1. The highest BCUT2D eigenvalue weighted by atomic mass is 32.2. The highest BCUT2D eigenvalue weighted by molar-refractivity contribution is 7.99. The van der Waals surface area contributed by atoms with Crippen molar-refractivity contribution in [1.82, 2.24) is 4.98 Å². The summed E-state index contributed by atoms with van der Waals surface area (Å²) < 4.78 is 10.7. The first-order chi connectivity index (χ1) is 15.2. The van der Waals surface area contributed by atoms with Crippen LogP contribution in [0, 0.1) is 0 Å². The number of hydrogen-bond acceptors (Lipinski definition) is 5. The molecule has 0 aliphatic carbocycles. The van der Waals surface area contributed by atoms with Crippen LogP contribution in [0.3, 0.4) is 0 Å². The van der Waals surface area contributed by atoms with Crippen LogP contribution in [0.15, 0.2) is 83.9 Å². The van der Waals surface area contributed by atoms with Crippen LogP contribution < -0.4 is 14.8 Å². The van der Waals surface area contributed by atoms with Gasteiger partial charge in [-0.05, 0) is 41.5 Å². The van der Waals surface area contributed by atoms with Gasteiger partial charge in [0.1, 0.15) is 11.5 Å². The van der Waals surface area contributed by atoms with E-state index in [0.717, 1.165) is 32.8 Å². The molecule has 4 rings (SSSR count). The zero-order chi connectivity index (χ0) is 21.6. The number of aromatic nitrogens is 1. The van der Waals surface area contributed by atoms with Crippen LogP contribution in [-0.4, -0.2) is 30.9 Å². The van der Waals surface area contributed by atoms with Crippen LogP contribution >= 0.6 is 11.8 Å². The minimum Gasteiger partial charge on any atom is -0.497 e. The Morgan fingerprint density at radius 1 is 0.935 bits per heavy atom. The molecule has 0 fully saturated rings. The molecule has 0 saturated heterocycles. The molecule has 1 amide bonds. The van der Waals surface area contributed by atoms with Crippen LogP contribution in [0.5, 0.6) is 11.5 Å². The summed E-state index contributed by atoms with van der Waals surface area (Å²) in [5.41, 5.74) is 3.64. The van der Waals surface area contributed by atoms with Crippen molar-refractivity contribution >= 4 is 34.3 Å². The number of anilines is 1. The fourth-order valence-electron chi connectivity index (χ4n) is 3.32. The number of nitrogens with one attached hydrogen (secondary N) is 1. The summed E-state index contributed by atoms with van der Waals surface area (Å²) in [5, 5.41) is 4.71. The van der Waals surface area contributed by atoms with Crippen LogP contribution in [0.1, 0.15) is 0 Å². The van der Waals surface area contributed by atoms with Gasteiger partial charge in [0.15, 0.2) is 0 Å². The number of fused-ring (bicyclic) bond motifs is 1. The van der Waals surface area contributed by atoms with Crippen LogP contribution in [-0.2, 0) is 4.79 Å². The Labute approximate surface area is 185 Å². The number of hydrogen-bond donors (Lipinski definition) is 1. The zero-order valence-electron chi connectivity index (χ0n) is 17.3. The number of ether oxygens (including phenoxy) is 2. The average Bonchev–Trinajstić information content (AvgIpc) is 2.82. The van der Waals surface area contributed by atoms with Gasteiger partial charge in [0.05, 0.1) is 36.2 Å². The first kappa shape index (κ1) is 20.8. The number of pyridine rings is 1. The summed E-state index contributed by atoms with van der Waals surface area (Å²) >= 11 is 1.39. The van der Waals surface area contributed by atoms with E-state index in [1.165, 1.54) is 11.8 Å². The van der Waals surface area contributed by atoms with Crippen LogP contribution in [0.4, 0.5) is 5.69 Å². The van der Waals surface area contributed by atoms with Crippen molar-refractivity contribution in [1.29, 1.82) is 0 Å². The number of carbonyl (C=O) groups excluding carboxylic acids is 1. The zero-order valence-corrected chi connectivity index (χ0v) is 18.1. The van der Waals surface area contributed by atoms with Crippen molar-refractivity contribution in [2.24, 2.45) is 0 Å². The van der Waals surface area contributed by atoms with E-state index in [1.54, 1.807) is 14.2 Å². The second kappa shape index (κ2) is 9.53. The van der Waals surface area contributed by atoms with E-state index in [2.05, 4.69) is 17.4 Å². The smallest absolute Gasteiger partial charge is 0.234 e. The van der Waals surface area contributed by atoms with Gasteiger partial charge >= 0.3 is 0 Å². The Hall–Kier alpha value is -3.51. The molecule has 5 nitrogen and oxygen atoms in total. The molecule has 1 aromatic heterocycles. The Bertz CT molecular complexity index is 1210. The van der Waals surface area contributed by atoms with E-state index in [0.29, 0.717) is 11.4 Å². The molecule has 0 aliphatic rings. The normalized spacial score (nSPS) is 10.6. The summed E-state index contributed by atoms with van der Waals surface area (Å²) in [7, 11) is 3.22. The molecule has 0 radical (unpaired) electrons. The van der Waals surface area contributed by atoms with Crippen molar-refractivity contribution in [2.45, 2.75) is 5.03 Å². The van der Waals surface area contributed by atoms with E-state index in [1.807, 2.05) is 66.7 Å². The van der Waals surface area contributed by atoms with Crippen molar-refractivity contribution < 1.29 is 14.3 Å². The van der Waals surface area contributed by atoms with Gasteiger partial charge < -0.3 is 14.8 Å². The molecule has 6 heteroatoms. The van der Waals surface area contributed by atoms with E-state index in [-0.39, 0.29) is 11.7 Å². The van der Waals surface area contributed by atoms with E-state index >= 15 is 0 Å². The lowest BCUT2D eigenvalue weighted by atomic mass is 10.0. The summed E-state index contributed by atoms with van der Waals surface area (Å²) in [6.45, 7) is 0. The first-order valence-corrected chi connectivity index (χ1v) is 10.8. The number of methoxy groups -OCH3 is 2. The number of para-hydroxylation sites is 2. The maximum Gasteiger partial charge on any atom is 0.234 e. The van der Waals surface area contributed by atoms with Gasteiger partial charge in [-0.1, -0.05) is 54.2 Å². The van der Waals surface area contributed by atoms with Gasteiger partial charge in [-0.3, -0.25) is 4.79 Å². The van der Waals surface area contributed by atoms with Gasteiger partial charge in [-0.15, -0.1) is 0 Å². The van der Waals surface area contributed by atoms with Crippen LogP contribution in [0.25, 0.3) is 22.0 Å². The fourth-order valence-corrected chi connectivity index (χ4v) is 4.03. The average molecular weight is 431 g/mol. The summed E-state index contributed by atoms with van der Waals surface area (Å²) in [5.74, 6) is 1.48. The molecule has 0 saturated carbocycles. The molecule has 31 heavy (non-hydrogen) atoms. The molecular formula is C25H22N2O3S. The highest BCUT2D eigenvalue weighted by Crippen LogP contribution is 2.33. The monoisotopic (exact) mass is 430 g/mol. The molecule has 0 unspecified atom stereocenters. The molecule has 1 N–H and O–H groups in total. The molecule has 0 bridgehead atoms. The first-order valence-electron chi connectivity index (χ1n) is 9.78. The van der Waals surface area contributed by atoms with Crippen LogP contribution in [0.2, 0.25) is 0 Å². The fraction of sp³-hybridized carbons (Fsp3) is 0.120. The van der Waals surface area contributed by atoms with E-state index in [9.17, 15) is 4.79 Å². The predicted octanol–water partition coefficient (Wildman–Crippen LogP) is 5.65. The molecule has 3 aromatic carbocycles. The minimum atomic E-state index is -0.122. The second-order valence-corrected chi connectivity index (χ2v) is 7.79. The van der Waals surface area contributed by atoms with Crippen molar-refractivity contribution in [3.63, 3.8) is 0 Å². The Morgan fingerprint density at radius 2 is 1.71 bits per heavy atom. The topological polar surface area (TPSA) is 60.5 Å². The maximum absolute atomic E-state index is 12.5. The lowest BCUT2D eigenvalue weighted by molar-refractivity contribution is -0.113. The van der Waals surface area contributed by atoms with Crippen molar-refractivity contribution in [3.05, 3.63) is 78.9 Å². The minimum absolute atomic E-state index is 0.122. The van der Waals surface area contributed by atoms with Gasteiger partial charge in [-0.2, -0.15) is 0 Å². The van der Waals surface area contributed by atoms with Gasteiger partial charge in [0.25, 0.3) is 0 Å². The van der Waals surface area contributed by atoms with Gasteiger partial charge in [-0.25, -0.2) is 4.98 Å². The molecular weight excluding hydrogens is 408 g/mol. The Balaban J connectivity index is 1.60. The quantitative estimate of drug-likeness (QED) is 0.384. The molecule has 0 aliphatic heterocycles. The number of benzene rings is 3. The number of nitrogens with zero attached hydrogens (tertiary/aromatic N) is 1. The van der Waals surface area contributed by atoms with Gasteiger partial charge in [0.2, 0.25) is 5.91 Å². The van der Waals surface area contributed by atoms with E-state index < -0.39 is 0 Å². The highest BCUT2D eigenvalue weighted by Gasteiger charge is 2.12. The third-order valence-corrected chi connectivity index (χ3v) is 5.72. The largest absolute Gasteiger partial charge is 0.497 e. The summed E-state index contributed by atoms with van der Waals surface area (Å²) in [4.78, 5) is 17.3. The van der Waals surface area contributed by atoms with Crippen molar-refractivity contribution in [3.8, 4) is 22.6 Å². The molecule has 1 heterocycles. The third kappa shape index (κ3) is 4.81. The Kier molecular flexibility index (Phi) is 6.38. The molecule has 0 atom stereocenters. The maximum atomic E-state index is 12.5. The molecule has 156 valence electrons. The lowest BCUT2D eigenvalue weighted by Crippen LogP contribution is -2.14. The van der Waals surface area contributed by atoms with Gasteiger partial charge in [0, 0.05) is 11.5 Å². The third-order valence-electron chi connectivity index (χ3n) is 4.81. The predicted molar refractivity (Wildman–Crippen MR) is 126 cm³/mol. The number of carbonyl (C=O) groups is 1. The summed E-state index contributed by atoms with van der Waals surface area (Å²) in [6.07, 6.45) is 0. The number of amides is 1. The molecule has 0 spiro atoms. The van der Waals surface area contributed by atoms with E-state index in [4.69, 9.17) is 14.5 Å².